The molecule has 0 aromatic heterocycles. The molecule has 0 radical (unpaired) electrons. The zero-order valence-corrected chi connectivity index (χ0v) is 14.5. The number of hydrogen-bond acceptors (Lipinski definition) is 4. The molecule has 6 heteroatoms. The molecular weight excluding hydrogens is 306 g/mol. The van der Waals surface area contributed by atoms with Crippen LogP contribution in [0.3, 0.4) is 0 Å². The predicted molar refractivity (Wildman–Crippen MR) is 82.4 cm³/mol. The molecule has 1 aromatic rings. The molecule has 0 bridgehead atoms. The smallest absolute Gasteiger partial charge is 0.330 e. The van der Waals surface area contributed by atoms with E-state index in [1.54, 1.807) is 32.4 Å². The Kier molecular flexibility index (Phi) is 8.60. The van der Waals surface area contributed by atoms with Gasteiger partial charge in [-0.25, -0.2) is 4.79 Å². The predicted octanol–water partition coefficient (Wildman–Crippen LogP) is -1.03. The molecule has 1 rings (SSSR count). The summed E-state index contributed by atoms with van der Waals surface area (Å²) >= 11 is 0. The molecule has 0 aliphatic heterocycles. The largest absolute Gasteiger partial charge is 1.00 e. The van der Waals surface area contributed by atoms with E-state index < -0.39 is 0 Å². The lowest BCUT2D eigenvalue weighted by molar-refractivity contribution is -0.870. The first-order valence-electron chi connectivity index (χ1n) is 6.73. The van der Waals surface area contributed by atoms with Crippen LogP contribution in [0.5, 0.6) is 11.5 Å². The second-order valence-electron chi connectivity index (χ2n) is 5.63. The van der Waals surface area contributed by atoms with E-state index in [0.29, 0.717) is 18.1 Å². The molecule has 0 fully saturated rings. The van der Waals surface area contributed by atoms with Gasteiger partial charge >= 0.3 is 5.97 Å². The van der Waals surface area contributed by atoms with E-state index in [9.17, 15) is 4.79 Å². The van der Waals surface area contributed by atoms with Gasteiger partial charge in [0.1, 0.15) is 13.2 Å². The van der Waals surface area contributed by atoms with E-state index in [1.165, 1.54) is 6.08 Å². The second-order valence-corrected chi connectivity index (χ2v) is 5.63. The van der Waals surface area contributed by atoms with Gasteiger partial charge in [0.2, 0.25) is 0 Å². The van der Waals surface area contributed by atoms with Crippen molar-refractivity contribution in [2.75, 3.05) is 48.5 Å². The van der Waals surface area contributed by atoms with Gasteiger partial charge in [-0.15, -0.1) is 0 Å². The molecule has 0 unspecified atom stereocenters. The molecule has 22 heavy (non-hydrogen) atoms. The van der Waals surface area contributed by atoms with E-state index in [0.717, 1.165) is 16.6 Å². The Balaban J connectivity index is 0.00000441. The van der Waals surface area contributed by atoms with Gasteiger partial charge < -0.3 is 31.1 Å². The van der Waals surface area contributed by atoms with Gasteiger partial charge in [-0.1, -0.05) is 6.07 Å². The van der Waals surface area contributed by atoms with E-state index in [4.69, 9.17) is 14.2 Å². The first kappa shape index (κ1) is 20.3. The first-order valence-corrected chi connectivity index (χ1v) is 6.73. The average molecular weight is 330 g/mol. The highest BCUT2D eigenvalue weighted by Crippen LogP contribution is 2.27. The molecule has 0 N–H and O–H groups in total. The molecule has 0 aliphatic rings. The van der Waals surface area contributed by atoms with Gasteiger partial charge in [0.25, 0.3) is 0 Å². The Hall–Kier alpha value is -1.72. The molecule has 0 amide bonds. The summed E-state index contributed by atoms with van der Waals surface area (Å²) in [5.74, 6) is 0.927. The maximum atomic E-state index is 11.6. The maximum absolute atomic E-state index is 11.6. The number of methoxy groups -OCH3 is 2. The summed E-state index contributed by atoms with van der Waals surface area (Å²) in [6.07, 6.45) is 3.10. The number of halogens is 1. The van der Waals surface area contributed by atoms with E-state index in [2.05, 4.69) is 0 Å². The summed E-state index contributed by atoms with van der Waals surface area (Å²) in [6.45, 7) is 1.18. The van der Waals surface area contributed by atoms with Crippen LogP contribution in [0.15, 0.2) is 24.3 Å². The fraction of sp³-hybridized carbons (Fsp3) is 0.438. The Labute approximate surface area is 138 Å². The van der Waals surface area contributed by atoms with Crippen molar-refractivity contribution < 1.29 is 35.9 Å². The molecule has 5 nitrogen and oxygen atoms in total. The topological polar surface area (TPSA) is 44.8 Å². The van der Waals surface area contributed by atoms with Crippen molar-refractivity contribution in [1.82, 2.24) is 0 Å². The molecule has 1 aromatic carbocycles. The Bertz CT molecular complexity index is 509. The maximum Gasteiger partial charge on any atom is 0.330 e. The molecule has 0 saturated heterocycles. The third-order valence-corrected chi connectivity index (χ3v) is 2.83. The van der Waals surface area contributed by atoms with Crippen molar-refractivity contribution in [1.29, 1.82) is 0 Å². The third kappa shape index (κ3) is 7.33. The minimum absolute atomic E-state index is 0. The summed E-state index contributed by atoms with van der Waals surface area (Å²) in [5, 5.41) is 0. The molecular formula is C16H24ClNO4. The molecule has 0 heterocycles. The summed E-state index contributed by atoms with van der Waals surface area (Å²) in [5.41, 5.74) is 0.844. The number of hydrogen-bond donors (Lipinski definition) is 0. The number of quaternary nitrogens is 1. The van der Waals surface area contributed by atoms with Crippen LogP contribution in [0, 0.1) is 0 Å². The Morgan fingerprint density at radius 2 is 1.77 bits per heavy atom. The fourth-order valence-corrected chi connectivity index (χ4v) is 1.59. The highest BCUT2D eigenvalue weighted by atomic mass is 35.5. The Morgan fingerprint density at radius 3 is 2.32 bits per heavy atom. The van der Waals surface area contributed by atoms with Crippen molar-refractivity contribution in [3.8, 4) is 11.5 Å². The number of nitrogens with zero attached hydrogens (tertiary/aromatic N) is 1. The zero-order chi connectivity index (χ0) is 15.9. The van der Waals surface area contributed by atoms with E-state index in [-0.39, 0.29) is 18.4 Å². The Morgan fingerprint density at radius 1 is 1.14 bits per heavy atom. The minimum Gasteiger partial charge on any atom is -1.00 e. The number of carbonyl (C=O) groups excluding carboxylic acids is 1. The SMILES string of the molecule is COc1ccc(/C=C/C(=O)OCC[N+](C)(C)C)cc1OC.[Cl-]. The number of carbonyl (C=O) groups is 1. The fourth-order valence-electron chi connectivity index (χ4n) is 1.59. The minimum atomic E-state index is -0.349. The molecule has 124 valence electrons. The highest BCUT2D eigenvalue weighted by Gasteiger charge is 2.08. The van der Waals surface area contributed by atoms with Gasteiger partial charge in [0, 0.05) is 6.08 Å². The van der Waals surface area contributed by atoms with Gasteiger partial charge in [0.05, 0.1) is 35.4 Å². The lowest BCUT2D eigenvalue weighted by atomic mass is 10.2. The summed E-state index contributed by atoms with van der Waals surface area (Å²) in [6, 6.07) is 5.44. The number of ether oxygens (including phenoxy) is 3. The summed E-state index contributed by atoms with van der Waals surface area (Å²) < 4.78 is 16.3. The van der Waals surface area contributed by atoms with Crippen LogP contribution in [0.4, 0.5) is 0 Å². The van der Waals surface area contributed by atoms with Crippen molar-refractivity contribution >= 4 is 12.0 Å². The van der Waals surface area contributed by atoms with Gasteiger partial charge in [-0.05, 0) is 23.8 Å². The van der Waals surface area contributed by atoms with Crippen LogP contribution in [-0.4, -0.2) is 59.0 Å². The van der Waals surface area contributed by atoms with Crippen LogP contribution in [0.2, 0.25) is 0 Å². The lowest BCUT2D eigenvalue weighted by Crippen LogP contribution is -3.00. The number of rotatable bonds is 7. The standard InChI is InChI=1S/C16H24NO4.ClH/c1-17(2,3)10-11-21-16(18)9-7-13-6-8-14(19-4)15(12-13)20-5;/h6-9,12H,10-11H2,1-5H3;1H/q+1;/p-1/b9-7+;. The van der Waals surface area contributed by atoms with Gasteiger partial charge in [-0.3, -0.25) is 0 Å². The molecule has 0 saturated carbocycles. The average Bonchev–Trinajstić information content (AvgIpc) is 2.43. The van der Waals surface area contributed by atoms with Crippen molar-refractivity contribution in [2.45, 2.75) is 0 Å². The number of esters is 1. The van der Waals surface area contributed by atoms with Gasteiger partial charge in [-0.2, -0.15) is 0 Å². The first-order chi connectivity index (χ1) is 9.85. The van der Waals surface area contributed by atoms with Crippen molar-refractivity contribution in [3.63, 3.8) is 0 Å². The quantitative estimate of drug-likeness (QED) is 0.365. The van der Waals surface area contributed by atoms with E-state index in [1.807, 2.05) is 27.2 Å². The summed E-state index contributed by atoms with van der Waals surface area (Å²) in [4.78, 5) is 11.6. The monoisotopic (exact) mass is 329 g/mol. The number of benzene rings is 1. The molecule has 0 spiro atoms. The van der Waals surface area contributed by atoms with E-state index >= 15 is 0 Å². The van der Waals surface area contributed by atoms with Gasteiger partial charge in [0.15, 0.2) is 11.5 Å². The third-order valence-electron chi connectivity index (χ3n) is 2.83. The van der Waals surface area contributed by atoms with Crippen LogP contribution >= 0.6 is 0 Å². The van der Waals surface area contributed by atoms with Crippen molar-refractivity contribution in [3.05, 3.63) is 29.8 Å². The molecule has 0 atom stereocenters. The van der Waals surface area contributed by atoms with Crippen LogP contribution < -0.4 is 21.9 Å². The van der Waals surface area contributed by atoms with Crippen LogP contribution in [0.25, 0.3) is 6.08 Å². The van der Waals surface area contributed by atoms with Crippen LogP contribution in [-0.2, 0) is 9.53 Å². The molecule has 0 aliphatic carbocycles. The van der Waals surface area contributed by atoms with Crippen molar-refractivity contribution in [2.24, 2.45) is 0 Å². The lowest BCUT2D eigenvalue weighted by Gasteiger charge is -2.23. The normalized spacial score (nSPS) is 11.0. The van der Waals surface area contributed by atoms with Crippen LogP contribution in [0.1, 0.15) is 5.56 Å². The number of likely N-dealkylation sites (N-methyl/N-ethyl adjacent to an activating group) is 1. The highest BCUT2D eigenvalue weighted by molar-refractivity contribution is 5.87. The second kappa shape index (κ2) is 9.33. The summed E-state index contributed by atoms with van der Waals surface area (Å²) in [7, 11) is 9.30. The zero-order valence-electron chi connectivity index (χ0n) is 13.8.